The molecule has 2 rings (SSSR count). The van der Waals surface area contributed by atoms with E-state index in [1.807, 2.05) is 0 Å². The van der Waals surface area contributed by atoms with Gasteiger partial charge < -0.3 is 18.9 Å². The van der Waals surface area contributed by atoms with Crippen molar-refractivity contribution in [1.29, 1.82) is 0 Å². The van der Waals surface area contributed by atoms with E-state index >= 15 is 0 Å². The van der Waals surface area contributed by atoms with Crippen LogP contribution < -0.4 is 5.66 Å². The lowest BCUT2D eigenvalue weighted by atomic mass is 9.88. The first kappa shape index (κ1) is 8.16. The van der Waals surface area contributed by atoms with Crippen LogP contribution in [0, 0.1) is 0 Å². The second-order valence-electron chi connectivity index (χ2n) is 2.55. The minimum absolute atomic E-state index is 0.103. The van der Waals surface area contributed by atoms with Gasteiger partial charge in [-0.1, -0.05) is 0 Å². The Morgan fingerprint density at radius 2 is 1.92 bits per heavy atom. The maximum absolute atomic E-state index is 8.77. The van der Waals surface area contributed by atoms with Crippen LogP contribution in [0.4, 0.5) is 0 Å². The minimum Gasteiger partial charge on any atom is -0.461 e. The van der Waals surface area contributed by atoms with Gasteiger partial charge in [-0.2, -0.15) is 0 Å². The fourth-order valence-electron chi connectivity index (χ4n) is 1.04. The van der Waals surface area contributed by atoms with Crippen molar-refractivity contribution < 1.29 is 18.9 Å². The van der Waals surface area contributed by atoms with Gasteiger partial charge in [-0.3, -0.25) is 0 Å². The smallest absolute Gasteiger partial charge is 0.461 e. The molecule has 2 heterocycles. The Morgan fingerprint density at radius 1 is 1.08 bits per heavy atom. The molecule has 0 aliphatic carbocycles. The summed E-state index contributed by atoms with van der Waals surface area (Å²) in [7, 11) is -1.58. The summed E-state index contributed by atoms with van der Waals surface area (Å²) in [4.78, 5) is 0. The molecule has 0 aliphatic heterocycles. The molecular weight excluding hydrogens is 171 g/mol. The molecule has 0 aliphatic rings. The van der Waals surface area contributed by atoms with E-state index in [-0.39, 0.29) is 5.66 Å². The largest absolute Gasteiger partial charge is 0.526 e. The van der Waals surface area contributed by atoms with E-state index in [4.69, 9.17) is 18.9 Å². The van der Waals surface area contributed by atoms with Gasteiger partial charge in [0.15, 0.2) is 11.5 Å². The SMILES string of the molecule is OB(O)c1ccc(-c2ccco2)o1. The molecule has 0 bridgehead atoms. The van der Waals surface area contributed by atoms with Crippen molar-refractivity contribution in [3.05, 3.63) is 30.5 Å². The Labute approximate surface area is 74.6 Å². The zero-order valence-corrected chi connectivity index (χ0v) is 6.68. The molecule has 0 radical (unpaired) electrons. The van der Waals surface area contributed by atoms with Crippen LogP contribution in [0.15, 0.2) is 39.4 Å². The summed E-state index contributed by atoms with van der Waals surface area (Å²) < 4.78 is 10.2. The van der Waals surface area contributed by atoms with E-state index in [0.717, 1.165) is 0 Å². The second kappa shape index (κ2) is 3.12. The third-order valence-corrected chi connectivity index (χ3v) is 1.65. The van der Waals surface area contributed by atoms with Crippen LogP contribution in [0.25, 0.3) is 11.5 Å². The first-order chi connectivity index (χ1) is 6.27. The molecular formula is C8H7BO4. The fourth-order valence-corrected chi connectivity index (χ4v) is 1.04. The van der Waals surface area contributed by atoms with Crippen molar-refractivity contribution in [3.63, 3.8) is 0 Å². The van der Waals surface area contributed by atoms with Gasteiger partial charge in [-0.25, -0.2) is 0 Å². The summed E-state index contributed by atoms with van der Waals surface area (Å²) in [6.45, 7) is 0. The first-order valence-corrected chi connectivity index (χ1v) is 3.77. The fraction of sp³-hybridized carbons (Fsp3) is 0. The lowest BCUT2D eigenvalue weighted by Crippen LogP contribution is -2.27. The van der Waals surface area contributed by atoms with E-state index in [9.17, 15) is 0 Å². The molecule has 0 atom stereocenters. The Balaban J connectivity index is 2.33. The van der Waals surface area contributed by atoms with Gasteiger partial charge in [0.1, 0.15) is 5.66 Å². The quantitative estimate of drug-likeness (QED) is 0.645. The highest BCUT2D eigenvalue weighted by Crippen LogP contribution is 2.18. The normalized spacial score (nSPS) is 10.3. The lowest BCUT2D eigenvalue weighted by Gasteiger charge is -1.91. The minimum atomic E-state index is -1.58. The zero-order chi connectivity index (χ0) is 9.26. The molecule has 2 aromatic rings. The number of furan rings is 2. The molecule has 5 heteroatoms. The summed E-state index contributed by atoms with van der Waals surface area (Å²) >= 11 is 0. The van der Waals surface area contributed by atoms with E-state index in [2.05, 4.69) is 0 Å². The Morgan fingerprint density at radius 3 is 2.46 bits per heavy atom. The van der Waals surface area contributed by atoms with Crippen molar-refractivity contribution >= 4 is 12.8 Å². The van der Waals surface area contributed by atoms with Gasteiger partial charge in [0.2, 0.25) is 0 Å². The average molecular weight is 178 g/mol. The van der Waals surface area contributed by atoms with Crippen LogP contribution >= 0.6 is 0 Å². The molecule has 4 nitrogen and oxygen atoms in total. The highest BCUT2D eigenvalue weighted by Gasteiger charge is 2.17. The predicted molar refractivity (Wildman–Crippen MR) is 46.2 cm³/mol. The van der Waals surface area contributed by atoms with Crippen molar-refractivity contribution in [2.45, 2.75) is 0 Å². The van der Waals surface area contributed by atoms with Gasteiger partial charge in [-0.15, -0.1) is 0 Å². The molecule has 0 unspecified atom stereocenters. The standard InChI is InChI=1S/C8H7BO4/c10-9(11)8-4-3-7(13-8)6-2-1-5-12-6/h1-5,10-11H. The molecule has 13 heavy (non-hydrogen) atoms. The van der Waals surface area contributed by atoms with Crippen molar-refractivity contribution in [1.82, 2.24) is 0 Å². The van der Waals surface area contributed by atoms with Crippen molar-refractivity contribution in [2.75, 3.05) is 0 Å². The molecule has 0 saturated carbocycles. The van der Waals surface area contributed by atoms with E-state index in [1.165, 1.54) is 12.3 Å². The van der Waals surface area contributed by atoms with Gasteiger partial charge in [0.05, 0.1) is 6.26 Å². The summed E-state index contributed by atoms with van der Waals surface area (Å²) in [5.41, 5.74) is 0.103. The van der Waals surface area contributed by atoms with Crippen LogP contribution in [-0.4, -0.2) is 17.2 Å². The Kier molecular flexibility index (Phi) is 1.96. The van der Waals surface area contributed by atoms with Crippen LogP contribution in [0.3, 0.4) is 0 Å². The van der Waals surface area contributed by atoms with Gasteiger partial charge >= 0.3 is 7.12 Å². The first-order valence-electron chi connectivity index (χ1n) is 3.77. The third kappa shape index (κ3) is 1.51. The van der Waals surface area contributed by atoms with Gasteiger partial charge in [-0.05, 0) is 24.3 Å². The highest BCUT2D eigenvalue weighted by atomic mass is 16.4. The summed E-state index contributed by atoms with van der Waals surface area (Å²) in [6, 6.07) is 6.56. The molecule has 0 amide bonds. The van der Waals surface area contributed by atoms with E-state index < -0.39 is 7.12 Å². The maximum Gasteiger partial charge on any atom is 0.526 e. The lowest BCUT2D eigenvalue weighted by molar-refractivity contribution is 0.409. The molecule has 66 valence electrons. The monoisotopic (exact) mass is 178 g/mol. The topological polar surface area (TPSA) is 66.7 Å². The maximum atomic E-state index is 8.77. The molecule has 0 aromatic carbocycles. The van der Waals surface area contributed by atoms with E-state index in [1.54, 1.807) is 18.2 Å². The molecule has 0 saturated heterocycles. The van der Waals surface area contributed by atoms with E-state index in [0.29, 0.717) is 11.5 Å². The summed E-state index contributed by atoms with van der Waals surface area (Å²) in [5.74, 6) is 1.04. The summed E-state index contributed by atoms with van der Waals surface area (Å²) in [5, 5.41) is 17.5. The van der Waals surface area contributed by atoms with Crippen molar-refractivity contribution in [2.24, 2.45) is 0 Å². The van der Waals surface area contributed by atoms with Crippen molar-refractivity contribution in [3.8, 4) is 11.5 Å². The average Bonchev–Trinajstić information content (AvgIpc) is 2.75. The Bertz CT molecular complexity index is 377. The molecule has 2 N–H and O–H groups in total. The number of hydrogen-bond donors (Lipinski definition) is 2. The van der Waals surface area contributed by atoms with Gasteiger partial charge in [0.25, 0.3) is 0 Å². The second-order valence-corrected chi connectivity index (χ2v) is 2.55. The van der Waals surface area contributed by atoms with Crippen LogP contribution in [-0.2, 0) is 0 Å². The van der Waals surface area contributed by atoms with Crippen LogP contribution in [0.2, 0.25) is 0 Å². The third-order valence-electron chi connectivity index (χ3n) is 1.65. The zero-order valence-electron chi connectivity index (χ0n) is 6.68. The Hall–Kier alpha value is -1.46. The van der Waals surface area contributed by atoms with Crippen LogP contribution in [0.1, 0.15) is 0 Å². The molecule has 2 aromatic heterocycles. The van der Waals surface area contributed by atoms with Gasteiger partial charge in [0, 0.05) is 0 Å². The summed E-state index contributed by atoms with van der Waals surface area (Å²) in [6.07, 6.45) is 1.52. The van der Waals surface area contributed by atoms with Crippen LogP contribution in [0.5, 0.6) is 0 Å². The molecule has 0 fully saturated rings. The number of hydrogen-bond acceptors (Lipinski definition) is 4. The highest BCUT2D eigenvalue weighted by molar-refractivity contribution is 6.57. The number of rotatable bonds is 2. The predicted octanol–water partition coefficient (Wildman–Crippen LogP) is 0.219. The molecule has 0 spiro atoms.